The lowest BCUT2D eigenvalue weighted by atomic mass is 10.2. The standard InChI is InChI=1S/C23H21N5O2/c1-14-12-18-16(20(24)29)8-5-10-28(18)19(14)22-26-21(17-9-11-30-23(17)27-22)25-13-15-6-3-2-4-7-15/h2-8,10,12H,9,11,13H2,1H3,(H2,24,29)(H,25,26,27). The molecule has 0 unspecified atom stereocenters. The van der Waals surface area contributed by atoms with Crippen molar-refractivity contribution in [3.63, 3.8) is 0 Å². The molecule has 4 aromatic rings. The maximum absolute atomic E-state index is 11.8. The van der Waals surface area contributed by atoms with Crippen LogP contribution in [0.1, 0.15) is 27.0 Å². The number of fused-ring (bicyclic) bond motifs is 2. The van der Waals surface area contributed by atoms with Gasteiger partial charge in [0.1, 0.15) is 5.82 Å². The van der Waals surface area contributed by atoms with E-state index in [1.165, 1.54) is 5.56 Å². The summed E-state index contributed by atoms with van der Waals surface area (Å²) in [4.78, 5) is 21.4. The van der Waals surface area contributed by atoms with Crippen molar-refractivity contribution < 1.29 is 9.53 Å². The first-order valence-electron chi connectivity index (χ1n) is 9.84. The molecule has 3 aromatic heterocycles. The summed E-state index contributed by atoms with van der Waals surface area (Å²) in [5, 5.41) is 3.45. The van der Waals surface area contributed by atoms with Crippen LogP contribution in [-0.4, -0.2) is 26.9 Å². The van der Waals surface area contributed by atoms with E-state index < -0.39 is 5.91 Å². The van der Waals surface area contributed by atoms with E-state index in [4.69, 9.17) is 15.5 Å². The predicted octanol–water partition coefficient (Wildman–Crippen LogP) is 3.35. The van der Waals surface area contributed by atoms with E-state index in [1.807, 2.05) is 41.8 Å². The number of ether oxygens (including phenoxy) is 1. The monoisotopic (exact) mass is 399 g/mol. The lowest BCUT2D eigenvalue weighted by molar-refractivity contribution is 0.100. The lowest BCUT2D eigenvalue weighted by Gasteiger charge is -2.12. The molecule has 0 saturated heterocycles. The summed E-state index contributed by atoms with van der Waals surface area (Å²) < 4.78 is 7.68. The smallest absolute Gasteiger partial charge is 0.250 e. The molecule has 7 heteroatoms. The number of nitrogens with zero attached hydrogens (tertiary/aromatic N) is 3. The number of aryl methyl sites for hydroxylation is 1. The van der Waals surface area contributed by atoms with Crippen LogP contribution in [0.4, 0.5) is 5.82 Å². The van der Waals surface area contributed by atoms with Crippen LogP contribution in [-0.2, 0) is 13.0 Å². The zero-order chi connectivity index (χ0) is 20.7. The van der Waals surface area contributed by atoms with Gasteiger partial charge in [0.15, 0.2) is 5.82 Å². The Labute approximate surface area is 173 Å². The van der Waals surface area contributed by atoms with Gasteiger partial charge in [0.05, 0.1) is 28.9 Å². The maximum Gasteiger partial charge on any atom is 0.250 e. The van der Waals surface area contributed by atoms with Crippen molar-refractivity contribution in [1.82, 2.24) is 14.4 Å². The van der Waals surface area contributed by atoms with Crippen LogP contribution in [0.25, 0.3) is 17.0 Å². The lowest BCUT2D eigenvalue weighted by Crippen LogP contribution is -2.12. The van der Waals surface area contributed by atoms with Gasteiger partial charge in [-0.25, -0.2) is 4.98 Å². The Morgan fingerprint density at radius 1 is 1.20 bits per heavy atom. The van der Waals surface area contributed by atoms with Crippen LogP contribution in [0, 0.1) is 6.92 Å². The molecule has 150 valence electrons. The minimum atomic E-state index is -0.465. The SMILES string of the molecule is Cc1cc2c(C(N)=O)cccn2c1-c1nc(NCc2ccccc2)c2c(n1)OCC2. The summed E-state index contributed by atoms with van der Waals surface area (Å²) in [6.07, 6.45) is 2.66. The molecule has 1 amide bonds. The third-order valence-corrected chi connectivity index (χ3v) is 5.34. The van der Waals surface area contributed by atoms with Crippen molar-refractivity contribution in [2.75, 3.05) is 11.9 Å². The highest BCUT2D eigenvalue weighted by Crippen LogP contribution is 2.34. The first-order chi connectivity index (χ1) is 14.6. The van der Waals surface area contributed by atoms with Crippen LogP contribution >= 0.6 is 0 Å². The molecule has 30 heavy (non-hydrogen) atoms. The van der Waals surface area contributed by atoms with Gasteiger partial charge in [-0.2, -0.15) is 4.98 Å². The third-order valence-electron chi connectivity index (χ3n) is 5.34. The Balaban J connectivity index is 1.61. The number of hydrogen-bond acceptors (Lipinski definition) is 5. The molecule has 1 aromatic carbocycles. The molecule has 0 bridgehead atoms. The van der Waals surface area contributed by atoms with Crippen molar-refractivity contribution in [2.24, 2.45) is 5.73 Å². The number of benzene rings is 1. The first kappa shape index (κ1) is 18.2. The second-order valence-electron chi connectivity index (χ2n) is 7.33. The number of anilines is 1. The third kappa shape index (κ3) is 3.04. The molecular weight excluding hydrogens is 378 g/mol. The van der Waals surface area contributed by atoms with E-state index in [0.717, 1.165) is 34.6 Å². The average Bonchev–Trinajstić information content (AvgIpc) is 3.35. The molecule has 5 rings (SSSR count). The largest absolute Gasteiger partial charge is 0.477 e. The number of carbonyl (C=O) groups is 1. The molecule has 3 N–H and O–H groups in total. The predicted molar refractivity (Wildman–Crippen MR) is 115 cm³/mol. The normalized spacial score (nSPS) is 12.6. The summed E-state index contributed by atoms with van der Waals surface area (Å²) in [7, 11) is 0. The van der Waals surface area contributed by atoms with E-state index in [0.29, 0.717) is 30.4 Å². The fourth-order valence-corrected chi connectivity index (χ4v) is 3.91. The van der Waals surface area contributed by atoms with Crippen molar-refractivity contribution in [3.8, 4) is 17.4 Å². The maximum atomic E-state index is 11.8. The Bertz CT molecular complexity index is 1260. The highest BCUT2D eigenvalue weighted by molar-refractivity contribution is 6.00. The van der Waals surface area contributed by atoms with Gasteiger partial charge < -0.3 is 20.2 Å². The number of aromatic nitrogens is 3. The molecule has 0 spiro atoms. The second-order valence-corrected chi connectivity index (χ2v) is 7.33. The number of hydrogen-bond donors (Lipinski definition) is 2. The van der Waals surface area contributed by atoms with E-state index in [1.54, 1.807) is 12.1 Å². The molecule has 0 aliphatic carbocycles. The van der Waals surface area contributed by atoms with Gasteiger partial charge in [-0.3, -0.25) is 4.79 Å². The summed E-state index contributed by atoms with van der Waals surface area (Å²) in [6, 6.07) is 15.6. The number of nitrogens with two attached hydrogens (primary N) is 1. The Kier molecular flexibility index (Phi) is 4.35. The van der Waals surface area contributed by atoms with Gasteiger partial charge in [0.2, 0.25) is 5.88 Å². The topological polar surface area (TPSA) is 94.5 Å². The molecule has 0 atom stereocenters. The Morgan fingerprint density at radius 2 is 2.03 bits per heavy atom. The number of amides is 1. The summed E-state index contributed by atoms with van der Waals surface area (Å²) >= 11 is 0. The zero-order valence-corrected chi connectivity index (χ0v) is 16.6. The first-order valence-corrected chi connectivity index (χ1v) is 9.84. The van der Waals surface area contributed by atoms with Crippen molar-refractivity contribution >= 4 is 17.2 Å². The van der Waals surface area contributed by atoms with E-state index >= 15 is 0 Å². The number of pyridine rings is 1. The average molecular weight is 399 g/mol. The van der Waals surface area contributed by atoms with Gasteiger partial charge >= 0.3 is 0 Å². The number of nitrogens with one attached hydrogen (secondary N) is 1. The molecular formula is C23H21N5O2. The van der Waals surface area contributed by atoms with Crippen LogP contribution in [0.5, 0.6) is 5.88 Å². The molecule has 4 heterocycles. The van der Waals surface area contributed by atoms with Gasteiger partial charge in [-0.1, -0.05) is 30.3 Å². The number of rotatable bonds is 5. The van der Waals surface area contributed by atoms with Gasteiger partial charge in [-0.15, -0.1) is 0 Å². The van der Waals surface area contributed by atoms with Crippen molar-refractivity contribution in [2.45, 2.75) is 19.9 Å². The number of carbonyl (C=O) groups excluding carboxylic acids is 1. The summed E-state index contributed by atoms with van der Waals surface area (Å²) in [5.74, 6) is 1.46. The van der Waals surface area contributed by atoms with Crippen LogP contribution in [0.15, 0.2) is 54.7 Å². The molecule has 1 aliphatic heterocycles. The quantitative estimate of drug-likeness (QED) is 0.537. The van der Waals surface area contributed by atoms with E-state index in [2.05, 4.69) is 22.4 Å². The molecule has 0 radical (unpaired) electrons. The molecule has 7 nitrogen and oxygen atoms in total. The minimum absolute atomic E-state index is 0.465. The second kappa shape index (κ2) is 7.18. The Morgan fingerprint density at radius 3 is 2.83 bits per heavy atom. The van der Waals surface area contributed by atoms with Crippen LogP contribution in [0.3, 0.4) is 0 Å². The number of primary amides is 1. The van der Waals surface area contributed by atoms with E-state index in [9.17, 15) is 4.79 Å². The van der Waals surface area contributed by atoms with E-state index in [-0.39, 0.29) is 0 Å². The highest BCUT2D eigenvalue weighted by atomic mass is 16.5. The highest BCUT2D eigenvalue weighted by Gasteiger charge is 2.24. The van der Waals surface area contributed by atoms with Gasteiger partial charge in [0.25, 0.3) is 5.91 Å². The molecule has 0 saturated carbocycles. The van der Waals surface area contributed by atoms with Gasteiger partial charge in [0, 0.05) is 19.2 Å². The van der Waals surface area contributed by atoms with Gasteiger partial charge in [-0.05, 0) is 36.2 Å². The van der Waals surface area contributed by atoms with Crippen molar-refractivity contribution in [3.05, 3.63) is 77.0 Å². The fraction of sp³-hybridized carbons (Fsp3) is 0.174. The van der Waals surface area contributed by atoms with Crippen LogP contribution in [0.2, 0.25) is 0 Å². The van der Waals surface area contributed by atoms with Crippen LogP contribution < -0.4 is 15.8 Å². The summed E-state index contributed by atoms with van der Waals surface area (Å²) in [5.41, 5.74) is 10.7. The minimum Gasteiger partial charge on any atom is -0.477 e. The molecule has 0 fully saturated rings. The summed E-state index contributed by atoms with van der Waals surface area (Å²) in [6.45, 7) is 3.22. The van der Waals surface area contributed by atoms with Crippen molar-refractivity contribution in [1.29, 1.82) is 0 Å². The fourth-order valence-electron chi connectivity index (χ4n) is 3.91. The Hall–Kier alpha value is -3.87. The zero-order valence-electron chi connectivity index (χ0n) is 16.6. The molecule has 1 aliphatic rings.